The summed E-state index contributed by atoms with van der Waals surface area (Å²) in [4.78, 5) is 11.3. The van der Waals surface area contributed by atoms with Crippen molar-refractivity contribution in [2.75, 3.05) is 29.7 Å². The van der Waals surface area contributed by atoms with Crippen LogP contribution in [0.4, 0.5) is 15.8 Å². The van der Waals surface area contributed by atoms with E-state index in [1.54, 1.807) is 6.07 Å². The summed E-state index contributed by atoms with van der Waals surface area (Å²) in [7, 11) is 0. The Labute approximate surface area is 123 Å². The van der Waals surface area contributed by atoms with Crippen LogP contribution in [0.3, 0.4) is 0 Å². The maximum atomic E-state index is 13.9. The molecule has 104 valence electrons. The number of alkyl halides is 1. The maximum Gasteiger partial charge on any atom is 0.239 e. The van der Waals surface area contributed by atoms with Crippen LogP contribution in [-0.4, -0.2) is 31.0 Å². The fraction of sp³-hybridized carbons (Fsp3) is 0.417. The molecule has 0 aliphatic carbocycles. The van der Waals surface area contributed by atoms with E-state index in [0.717, 1.165) is 13.0 Å². The summed E-state index contributed by atoms with van der Waals surface area (Å²) < 4.78 is 19.7. The van der Waals surface area contributed by atoms with Gasteiger partial charge in [-0.2, -0.15) is 0 Å². The Hall–Kier alpha value is -0.850. The molecule has 1 aromatic rings. The van der Waals surface area contributed by atoms with Crippen molar-refractivity contribution < 1.29 is 13.9 Å². The van der Waals surface area contributed by atoms with Crippen LogP contribution in [0.1, 0.15) is 6.42 Å². The molecule has 0 spiro atoms. The third kappa shape index (κ3) is 3.81. The van der Waals surface area contributed by atoms with Gasteiger partial charge in [0, 0.05) is 17.6 Å². The van der Waals surface area contributed by atoms with E-state index >= 15 is 0 Å². The number of anilines is 2. The lowest BCUT2D eigenvalue weighted by Gasteiger charge is -2.27. The lowest BCUT2D eigenvalue weighted by Crippen LogP contribution is -2.33. The Morgan fingerprint density at radius 3 is 2.89 bits per heavy atom. The van der Waals surface area contributed by atoms with E-state index in [1.165, 1.54) is 6.07 Å². The molecule has 2 rings (SSSR count). The standard InChI is InChI=1S/C12H13BrClFN2O2/c13-7-3-9(15)12(17-11(18)5-14)10(4-7)16-6-8-1-2-19-8/h3-4,8,16H,1-2,5-6H2,(H,17,18)/t8-/m0/s1. The molecular weight excluding hydrogens is 338 g/mol. The second-order valence-electron chi connectivity index (χ2n) is 4.15. The van der Waals surface area contributed by atoms with Crippen molar-refractivity contribution in [1.29, 1.82) is 0 Å². The molecule has 1 heterocycles. The number of benzene rings is 1. The summed E-state index contributed by atoms with van der Waals surface area (Å²) in [6, 6.07) is 2.99. The molecule has 1 saturated heterocycles. The van der Waals surface area contributed by atoms with E-state index in [-0.39, 0.29) is 17.7 Å². The molecule has 0 unspecified atom stereocenters. The zero-order chi connectivity index (χ0) is 13.8. The third-order valence-corrected chi connectivity index (χ3v) is 3.45. The van der Waals surface area contributed by atoms with Crippen molar-refractivity contribution >= 4 is 44.8 Å². The second-order valence-corrected chi connectivity index (χ2v) is 5.34. The van der Waals surface area contributed by atoms with Gasteiger partial charge < -0.3 is 15.4 Å². The number of amides is 1. The maximum absolute atomic E-state index is 13.9. The van der Waals surface area contributed by atoms with Gasteiger partial charge in [0.1, 0.15) is 17.4 Å². The van der Waals surface area contributed by atoms with Crippen molar-refractivity contribution in [3.8, 4) is 0 Å². The third-order valence-electron chi connectivity index (χ3n) is 2.75. The summed E-state index contributed by atoms with van der Waals surface area (Å²) in [5.74, 6) is -1.20. The largest absolute Gasteiger partial charge is 0.381 e. The smallest absolute Gasteiger partial charge is 0.239 e. The molecule has 1 aliphatic heterocycles. The molecule has 0 bridgehead atoms. The molecule has 0 aromatic heterocycles. The monoisotopic (exact) mass is 350 g/mol. The molecule has 4 nitrogen and oxygen atoms in total. The molecule has 19 heavy (non-hydrogen) atoms. The number of nitrogens with one attached hydrogen (secondary N) is 2. The Bertz CT molecular complexity index is 483. The first-order valence-electron chi connectivity index (χ1n) is 5.80. The van der Waals surface area contributed by atoms with Gasteiger partial charge in [-0.25, -0.2) is 4.39 Å². The average molecular weight is 352 g/mol. The second kappa shape index (κ2) is 6.54. The van der Waals surface area contributed by atoms with Crippen LogP contribution in [0.15, 0.2) is 16.6 Å². The van der Waals surface area contributed by atoms with E-state index in [4.69, 9.17) is 16.3 Å². The Morgan fingerprint density at radius 2 is 2.32 bits per heavy atom. The zero-order valence-corrected chi connectivity index (χ0v) is 12.4. The molecule has 7 heteroatoms. The summed E-state index contributed by atoms with van der Waals surface area (Å²) in [5, 5.41) is 5.52. The minimum Gasteiger partial charge on any atom is -0.381 e. The number of halogens is 3. The highest BCUT2D eigenvalue weighted by Gasteiger charge is 2.19. The molecule has 1 aliphatic rings. The van der Waals surface area contributed by atoms with Crippen LogP contribution >= 0.6 is 27.5 Å². The molecule has 1 aromatic carbocycles. The molecule has 1 atom stereocenters. The van der Waals surface area contributed by atoms with Crippen molar-refractivity contribution in [2.24, 2.45) is 0 Å². The minimum atomic E-state index is -0.523. The topological polar surface area (TPSA) is 50.4 Å². The minimum absolute atomic E-state index is 0.105. The average Bonchev–Trinajstić information content (AvgIpc) is 2.31. The normalized spacial score (nSPS) is 17.7. The van der Waals surface area contributed by atoms with Gasteiger partial charge in [0.15, 0.2) is 0 Å². The van der Waals surface area contributed by atoms with Gasteiger partial charge >= 0.3 is 0 Å². The van der Waals surface area contributed by atoms with E-state index < -0.39 is 11.7 Å². The fourth-order valence-electron chi connectivity index (χ4n) is 1.68. The first kappa shape index (κ1) is 14.6. The van der Waals surface area contributed by atoms with Crippen molar-refractivity contribution in [2.45, 2.75) is 12.5 Å². The number of hydrogen-bond acceptors (Lipinski definition) is 3. The summed E-state index contributed by atoms with van der Waals surface area (Å²) >= 11 is 8.63. The van der Waals surface area contributed by atoms with Crippen LogP contribution in [0.25, 0.3) is 0 Å². The van der Waals surface area contributed by atoms with Gasteiger partial charge in [0.25, 0.3) is 0 Å². The van der Waals surface area contributed by atoms with Gasteiger partial charge in [0.05, 0.1) is 11.8 Å². The highest BCUT2D eigenvalue weighted by Crippen LogP contribution is 2.30. The van der Waals surface area contributed by atoms with Crippen LogP contribution in [-0.2, 0) is 9.53 Å². The van der Waals surface area contributed by atoms with Gasteiger partial charge in [0.2, 0.25) is 5.91 Å². The SMILES string of the molecule is O=C(CCl)Nc1c(F)cc(Br)cc1NC[C@@H]1CCO1. The van der Waals surface area contributed by atoms with Crippen molar-refractivity contribution in [3.05, 3.63) is 22.4 Å². The molecule has 1 fully saturated rings. The highest BCUT2D eigenvalue weighted by atomic mass is 79.9. The van der Waals surface area contributed by atoms with Gasteiger partial charge in [-0.3, -0.25) is 4.79 Å². The van der Waals surface area contributed by atoms with Crippen molar-refractivity contribution in [3.63, 3.8) is 0 Å². The lowest BCUT2D eigenvalue weighted by atomic mass is 10.2. The van der Waals surface area contributed by atoms with Crippen LogP contribution < -0.4 is 10.6 Å². The van der Waals surface area contributed by atoms with Crippen molar-refractivity contribution in [1.82, 2.24) is 0 Å². The number of carbonyl (C=O) groups excluding carboxylic acids is 1. The predicted octanol–water partition coefficient (Wildman–Crippen LogP) is 2.97. The van der Waals surface area contributed by atoms with E-state index in [1.807, 2.05) is 0 Å². The summed E-state index contributed by atoms with van der Waals surface area (Å²) in [6.45, 7) is 1.33. The fourth-order valence-corrected chi connectivity index (χ4v) is 2.18. The molecule has 1 amide bonds. The number of carbonyl (C=O) groups is 1. The van der Waals surface area contributed by atoms with Crippen LogP contribution in [0.5, 0.6) is 0 Å². The van der Waals surface area contributed by atoms with Gasteiger partial charge in [-0.15, -0.1) is 11.6 Å². The molecular formula is C12H13BrClFN2O2. The van der Waals surface area contributed by atoms with E-state index in [2.05, 4.69) is 26.6 Å². The quantitative estimate of drug-likeness (QED) is 0.802. The molecule has 0 saturated carbocycles. The Kier molecular flexibility index (Phi) is 5.01. The first-order valence-corrected chi connectivity index (χ1v) is 7.13. The van der Waals surface area contributed by atoms with E-state index in [9.17, 15) is 9.18 Å². The Morgan fingerprint density at radius 1 is 1.58 bits per heavy atom. The highest BCUT2D eigenvalue weighted by molar-refractivity contribution is 9.10. The number of hydrogen-bond donors (Lipinski definition) is 2. The van der Waals surface area contributed by atoms with Gasteiger partial charge in [-0.1, -0.05) is 15.9 Å². The van der Waals surface area contributed by atoms with Crippen LogP contribution in [0, 0.1) is 5.82 Å². The van der Waals surface area contributed by atoms with Crippen LogP contribution in [0.2, 0.25) is 0 Å². The van der Waals surface area contributed by atoms with Gasteiger partial charge in [-0.05, 0) is 18.6 Å². The number of rotatable bonds is 5. The first-order chi connectivity index (χ1) is 9.10. The Balaban J connectivity index is 2.14. The lowest BCUT2D eigenvalue weighted by molar-refractivity contribution is -0.113. The summed E-state index contributed by atoms with van der Waals surface area (Å²) in [6.07, 6.45) is 1.12. The number of ether oxygens (including phenoxy) is 1. The molecule has 0 radical (unpaired) electrons. The predicted molar refractivity (Wildman–Crippen MR) is 76.3 cm³/mol. The zero-order valence-electron chi connectivity index (χ0n) is 10.0. The summed E-state index contributed by atoms with van der Waals surface area (Å²) in [5.41, 5.74) is 0.606. The molecule has 2 N–H and O–H groups in total. The van der Waals surface area contributed by atoms with E-state index in [0.29, 0.717) is 16.7 Å².